The highest BCUT2D eigenvalue weighted by atomic mass is 16.2. The number of carbonyl (C=O) groups excluding carboxylic acids is 1. The zero-order valence-electron chi connectivity index (χ0n) is 11.3. The average Bonchev–Trinajstić information content (AvgIpc) is 2.83. The standard InChI is InChI=1S/C13H19N5O/c1-3-7-14-9-12(19)15-10(2)13-17-16-11-6-4-5-8-18(11)13/h4-6,8,10,14H,3,7,9H2,1-2H3,(H,15,19). The molecule has 102 valence electrons. The fraction of sp³-hybridized carbons (Fsp3) is 0.462. The summed E-state index contributed by atoms with van der Waals surface area (Å²) in [6.07, 6.45) is 2.90. The number of fused-ring (bicyclic) bond motifs is 1. The van der Waals surface area contributed by atoms with E-state index in [1.54, 1.807) is 0 Å². The van der Waals surface area contributed by atoms with Crippen LogP contribution < -0.4 is 10.6 Å². The van der Waals surface area contributed by atoms with Crippen LogP contribution in [0.15, 0.2) is 24.4 Å². The molecule has 0 radical (unpaired) electrons. The number of amides is 1. The molecule has 0 saturated carbocycles. The van der Waals surface area contributed by atoms with Gasteiger partial charge in [-0.15, -0.1) is 10.2 Å². The summed E-state index contributed by atoms with van der Waals surface area (Å²) in [5.41, 5.74) is 0.780. The molecule has 1 atom stereocenters. The predicted octanol–water partition coefficient (Wildman–Crippen LogP) is 0.906. The molecule has 19 heavy (non-hydrogen) atoms. The lowest BCUT2D eigenvalue weighted by molar-refractivity contribution is -0.120. The third-order valence-electron chi connectivity index (χ3n) is 2.82. The first kappa shape index (κ1) is 13.5. The van der Waals surface area contributed by atoms with Crippen LogP contribution in [0.2, 0.25) is 0 Å². The van der Waals surface area contributed by atoms with E-state index in [0.29, 0.717) is 6.54 Å². The van der Waals surface area contributed by atoms with Crippen molar-refractivity contribution in [2.24, 2.45) is 0 Å². The van der Waals surface area contributed by atoms with E-state index in [-0.39, 0.29) is 11.9 Å². The van der Waals surface area contributed by atoms with Gasteiger partial charge in [0.15, 0.2) is 11.5 Å². The molecule has 0 spiro atoms. The lowest BCUT2D eigenvalue weighted by Crippen LogP contribution is -2.36. The highest BCUT2D eigenvalue weighted by molar-refractivity contribution is 5.78. The van der Waals surface area contributed by atoms with E-state index in [0.717, 1.165) is 24.4 Å². The molecule has 0 aliphatic heterocycles. The molecule has 6 nitrogen and oxygen atoms in total. The summed E-state index contributed by atoms with van der Waals surface area (Å²) in [7, 11) is 0. The van der Waals surface area contributed by atoms with Gasteiger partial charge < -0.3 is 10.6 Å². The Morgan fingerprint density at radius 3 is 3.05 bits per heavy atom. The second kappa shape index (κ2) is 6.29. The molecule has 0 fully saturated rings. The second-order valence-electron chi connectivity index (χ2n) is 4.45. The largest absolute Gasteiger partial charge is 0.345 e. The number of nitrogens with one attached hydrogen (secondary N) is 2. The molecule has 1 amide bonds. The van der Waals surface area contributed by atoms with Crippen LogP contribution in [0.4, 0.5) is 0 Å². The van der Waals surface area contributed by atoms with E-state index >= 15 is 0 Å². The number of hydrogen-bond acceptors (Lipinski definition) is 4. The van der Waals surface area contributed by atoms with E-state index < -0.39 is 0 Å². The van der Waals surface area contributed by atoms with E-state index in [1.165, 1.54) is 0 Å². The van der Waals surface area contributed by atoms with Gasteiger partial charge in [0.05, 0.1) is 12.6 Å². The molecule has 6 heteroatoms. The van der Waals surface area contributed by atoms with Crippen molar-refractivity contribution in [3.05, 3.63) is 30.2 Å². The monoisotopic (exact) mass is 261 g/mol. The van der Waals surface area contributed by atoms with Crippen LogP contribution in [-0.2, 0) is 4.79 Å². The molecule has 0 bridgehead atoms. The SMILES string of the molecule is CCCNCC(=O)NC(C)c1nnc2ccccn12. The molecule has 0 saturated heterocycles. The lowest BCUT2D eigenvalue weighted by Gasteiger charge is -2.12. The van der Waals surface area contributed by atoms with Gasteiger partial charge in [0.25, 0.3) is 0 Å². The minimum Gasteiger partial charge on any atom is -0.345 e. The predicted molar refractivity (Wildman–Crippen MR) is 72.7 cm³/mol. The number of rotatable bonds is 6. The first-order chi connectivity index (χ1) is 9.22. The Bertz CT molecular complexity index is 551. The molecule has 2 aromatic heterocycles. The number of carbonyl (C=O) groups is 1. The Kier molecular flexibility index (Phi) is 4.46. The van der Waals surface area contributed by atoms with Gasteiger partial charge in [0, 0.05) is 6.20 Å². The van der Waals surface area contributed by atoms with Gasteiger partial charge >= 0.3 is 0 Å². The Hall–Kier alpha value is -1.95. The van der Waals surface area contributed by atoms with Crippen molar-refractivity contribution < 1.29 is 4.79 Å². The minimum absolute atomic E-state index is 0.0337. The minimum atomic E-state index is -0.173. The number of hydrogen-bond donors (Lipinski definition) is 2. The summed E-state index contributed by atoms with van der Waals surface area (Å²) in [4.78, 5) is 11.7. The molecule has 1 unspecified atom stereocenters. The summed E-state index contributed by atoms with van der Waals surface area (Å²) in [5.74, 6) is 0.702. The summed E-state index contributed by atoms with van der Waals surface area (Å²) in [5, 5.41) is 14.2. The first-order valence-electron chi connectivity index (χ1n) is 6.52. The van der Waals surface area contributed by atoms with E-state index in [2.05, 4.69) is 27.8 Å². The molecule has 0 aliphatic rings. The molecular formula is C13H19N5O. The van der Waals surface area contributed by atoms with E-state index in [1.807, 2.05) is 35.7 Å². The fourth-order valence-corrected chi connectivity index (χ4v) is 1.89. The van der Waals surface area contributed by atoms with Crippen LogP contribution >= 0.6 is 0 Å². The molecular weight excluding hydrogens is 242 g/mol. The van der Waals surface area contributed by atoms with Gasteiger partial charge in [-0.05, 0) is 32.0 Å². The topological polar surface area (TPSA) is 71.3 Å². The Morgan fingerprint density at radius 1 is 1.42 bits per heavy atom. The summed E-state index contributed by atoms with van der Waals surface area (Å²) in [6, 6.07) is 5.53. The number of pyridine rings is 1. The van der Waals surface area contributed by atoms with Crippen molar-refractivity contribution in [1.29, 1.82) is 0 Å². The zero-order chi connectivity index (χ0) is 13.7. The summed E-state index contributed by atoms with van der Waals surface area (Å²) in [6.45, 7) is 5.14. The highest BCUT2D eigenvalue weighted by Gasteiger charge is 2.15. The smallest absolute Gasteiger partial charge is 0.234 e. The quantitative estimate of drug-likeness (QED) is 0.758. The third-order valence-corrected chi connectivity index (χ3v) is 2.82. The van der Waals surface area contributed by atoms with Crippen molar-refractivity contribution in [3.63, 3.8) is 0 Å². The second-order valence-corrected chi connectivity index (χ2v) is 4.45. The molecule has 2 N–H and O–H groups in total. The maximum absolute atomic E-state index is 11.7. The molecule has 2 heterocycles. The fourth-order valence-electron chi connectivity index (χ4n) is 1.89. The van der Waals surface area contributed by atoms with Crippen LogP contribution in [0.1, 0.15) is 32.1 Å². The van der Waals surface area contributed by atoms with Gasteiger partial charge in [-0.1, -0.05) is 13.0 Å². The first-order valence-corrected chi connectivity index (χ1v) is 6.52. The van der Waals surface area contributed by atoms with Crippen LogP contribution in [0.5, 0.6) is 0 Å². The Labute approximate surface area is 112 Å². The van der Waals surface area contributed by atoms with E-state index in [9.17, 15) is 4.79 Å². The highest BCUT2D eigenvalue weighted by Crippen LogP contribution is 2.11. The Balaban J connectivity index is 1.99. The van der Waals surface area contributed by atoms with Crippen LogP contribution in [-0.4, -0.2) is 33.6 Å². The molecule has 2 rings (SSSR count). The summed E-state index contributed by atoms with van der Waals surface area (Å²) >= 11 is 0. The van der Waals surface area contributed by atoms with Crippen molar-refractivity contribution in [3.8, 4) is 0 Å². The van der Waals surface area contributed by atoms with Gasteiger partial charge in [-0.2, -0.15) is 0 Å². The van der Waals surface area contributed by atoms with Crippen LogP contribution in [0.3, 0.4) is 0 Å². The van der Waals surface area contributed by atoms with Gasteiger partial charge in [0.1, 0.15) is 0 Å². The molecule has 0 aliphatic carbocycles. The maximum Gasteiger partial charge on any atom is 0.234 e. The van der Waals surface area contributed by atoms with Crippen LogP contribution in [0.25, 0.3) is 5.65 Å². The van der Waals surface area contributed by atoms with E-state index in [4.69, 9.17) is 0 Å². The maximum atomic E-state index is 11.7. The van der Waals surface area contributed by atoms with Crippen molar-refractivity contribution in [1.82, 2.24) is 25.2 Å². The van der Waals surface area contributed by atoms with Crippen molar-refractivity contribution in [2.45, 2.75) is 26.3 Å². The number of nitrogens with zero attached hydrogens (tertiary/aromatic N) is 3. The number of aromatic nitrogens is 3. The molecule has 0 aromatic carbocycles. The van der Waals surface area contributed by atoms with Gasteiger partial charge in [-0.3, -0.25) is 9.20 Å². The zero-order valence-corrected chi connectivity index (χ0v) is 11.3. The Morgan fingerprint density at radius 2 is 2.26 bits per heavy atom. The van der Waals surface area contributed by atoms with Crippen molar-refractivity contribution in [2.75, 3.05) is 13.1 Å². The van der Waals surface area contributed by atoms with Gasteiger partial charge in [-0.25, -0.2) is 0 Å². The third kappa shape index (κ3) is 3.29. The summed E-state index contributed by atoms with van der Waals surface area (Å²) < 4.78 is 1.88. The average molecular weight is 261 g/mol. The lowest BCUT2D eigenvalue weighted by atomic mass is 10.3. The normalized spacial score (nSPS) is 12.5. The van der Waals surface area contributed by atoms with Crippen LogP contribution in [0, 0.1) is 0 Å². The molecule has 2 aromatic rings. The van der Waals surface area contributed by atoms with Crippen molar-refractivity contribution >= 4 is 11.6 Å². The van der Waals surface area contributed by atoms with Gasteiger partial charge in [0.2, 0.25) is 5.91 Å².